The molecule has 0 saturated carbocycles. The van der Waals surface area contributed by atoms with Crippen LogP contribution in [0, 0.1) is 11.3 Å². The number of rotatable bonds is 2. The van der Waals surface area contributed by atoms with Gasteiger partial charge in [0.1, 0.15) is 5.84 Å². The van der Waals surface area contributed by atoms with Gasteiger partial charge in [0.25, 0.3) is 0 Å². The Bertz CT molecular complexity index is 261. The molecule has 64 valence electrons. The molecule has 0 bridgehead atoms. The van der Waals surface area contributed by atoms with E-state index < -0.39 is 0 Å². The maximum Gasteiger partial charge on any atom is 0.122 e. The molecule has 0 aromatic carbocycles. The fourth-order valence-corrected chi connectivity index (χ4v) is 0.986. The van der Waals surface area contributed by atoms with Crippen molar-refractivity contribution in [1.82, 2.24) is 0 Å². The Labute approximate surface area is 71.9 Å². The molecule has 1 unspecified atom stereocenters. The summed E-state index contributed by atoms with van der Waals surface area (Å²) in [6.07, 6.45) is 9.48. The molecule has 0 amide bonds. The van der Waals surface area contributed by atoms with E-state index in [9.17, 15) is 0 Å². The minimum atomic E-state index is 0.0913. The van der Waals surface area contributed by atoms with Crippen molar-refractivity contribution in [2.24, 2.45) is 17.4 Å². The lowest BCUT2D eigenvalue weighted by molar-refractivity contribution is 0.821. The Hall–Kier alpha value is -1.35. The topological polar surface area (TPSA) is 75.9 Å². The average molecular weight is 163 g/mol. The summed E-state index contributed by atoms with van der Waals surface area (Å²) < 4.78 is 0. The van der Waals surface area contributed by atoms with E-state index in [-0.39, 0.29) is 11.8 Å². The van der Waals surface area contributed by atoms with Gasteiger partial charge in [0.15, 0.2) is 0 Å². The van der Waals surface area contributed by atoms with E-state index in [1.165, 1.54) is 0 Å². The Morgan fingerprint density at radius 2 is 2.25 bits per heavy atom. The van der Waals surface area contributed by atoms with Crippen LogP contribution in [0.4, 0.5) is 0 Å². The highest BCUT2D eigenvalue weighted by Crippen LogP contribution is 2.08. The van der Waals surface area contributed by atoms with Crippen molar-refractivity contribution in [1.29, 1.82) is 5.41 Å². The van der Waals surface area contributed by atoms with Gasteiger partial charge in [0.05, 0.1) is 0 Å². The smallest absolute Gasteiger partial charge is 0.122 e. The molecule has 3 heteroatoms. The second-order valence-electron chi connectivity index (χ2n) is 2.68. The summed E-state index contributed by atoms with van der Waals surface area (Å²) in [5.74, 6) is 0.353. The van der Waals surface area contributed by atoms with Crippen LogP contribution in [0.25, 0.3) is 0 Å². The Morgan fingerprint density at radius 1 is 1.50 bits per heavy atom. The molecule has 5 N–H and O–H groups in total. The number of allylic oxidation sites excluding steroid dienone is 2. The molecule has 1 rings (SSSR count). The van der Waals surface area contributed by atoms with Crippen molar-refractivity contribution < 1.29 is 0 Å². The summed E-state index contributed by atoms with van der Waals surface area (Å²) in [4.78, 5) is 0. The van der Waals surface area contributed by atoms with Crippen LogP contribution in [0.5, 0.6) is 0 Å². The van der Waals surface area contributed by atoms with Crippen molar-refractivity contribution in [2.75, 3.05) is 6.54 Å². The van der Waals surface area contributed by atoms with E-state index in [0.717, 1.165) is 5.57 Å². The van der Waals surface area contributed by atoms with Crippen LogP contribution in [0.15, 0.2) is 36.0 Å². The zero-order valence-electron chi connectivity index (χ0n) is 6.83. The third kappa shape index (κ3) is 2.07. The molecule has 0 saturated heterocycles. The normalized spacial score (nSPS) is 21.8. The molecule has 0 fully saturated rings. The Morgan fingerprint density at radius 3 is 2.83 bits per heavy atom. The lowest BCUT2D eigenvalue weighted by Crippen LogP contribution is -2.11. The number of nitrogens with two attached hydrogens (primary N) is 2. The Balaban J connectivity index is 2.78. The first kappa shape index (κ1) is 8.74. The lowest BCUT2D eigenvalue weighted by atomic mass is 10.1. The van der Waals surface area contributed by atoms with Crippen molar-refractivity contribution >= 4 is 5.84 Å². The molecule has 3 nitrogen and oxygen atoms in total. The minimum absolute atomic E-state index is 0.0913. The van der Waals surface area contributed by atoms with Crippen molar-refractivity contribution in [3.05, 3.63) is 36.0 Å². The lowest BCUT2D eigenvalue weighted by Gasteiger charge is -2.00. The predicted molar refractivity (Wildman–Crippen MR) is 50.8 cm³/mol. The molecule has 0 heterocycles. The average Bonchev–Trinajstić information content (AvgIpc) is 2.28. The molecule has 0 spiro atoms. The zero-order chi connectivity index (χ0) is 8.97. The second-order valence-corrected chi connectivity index (χ2v) is 2.68. The van der Waals surface area contributed by atoms with E-state index in [1.54, 1.807) is 0 Å². The zero-order valence-corrected chi connectivity index (χ0v) is 6.83. The van der Waals surface area contributed by atoms with Crippen LogP contribution >= 0.6 is 0 Å². The molecular weight excluding hydrogens is 150 g/mol. The summed E-state index contributed by atoms with van der Waals surface area (Å²) in [6.45, 7) is 0.589. The van der Waals surface area contributed by atoms with Gasteiger partial charge >= 0.3 is 0 Å². The highest BCUT2D eigenvalue weighted by atomic mass is 14.7. The molecular formula is C9H13N3. The standard InChI is InChI=1S/C9H13N3/c10-6-7-2-1-3-8(5-4-7)9(11)12/h1-5,7H,6,10H2,(H3,11,12). The van der Waals surface area contributed by atoms with E-state index in [1.807, 2.05) is 30.4 Å². The number of nitrogens with one attached hydrogen (secondary N) is 1. The summed E-state index contributed by atoms with van der Waals surface area (Å²) in [7, 11) is 0. The molecule has 1 aliphatic carbocycles. The van der Waals surface area contributed by atoms with E-state index >= 15 is 0 Å². The van der Waals surface area contributed by atoms with Gasteiger partial charge < -0.3 is 11.5 Å². The van der Waals surface area contributed by atoms with Crippen molar-refractivity contribution in [2.45, 2.75) is 0 Å². The third-order valence-corrected chi connectivity index (χ3v) is 1.74. The van der Waals surface area contributed by atoms with E-state index in [0.29, 0.717) is 6.54 Å². The summed E-state index contributed by atoms with van der Waals surface area (Å²) >= 11 is 0. The van der Waals surface area contributed by atoms with Gasteiger partial charge in [-0.2, -0.15) is 0 Å². The molecule has 0 radical (unpaired) electrons. The van der Waals surface area contributed by atoms with Crippen LogP contribution in [-0.2, 0) is 0 Å². The first-order valence-electron chi connectivity index (χ1n) is 3.85. The fourth-order valence-electron chi connectivity index (χ4n) is 0.986. The third-order valence-electron chi connectivity index (χ3n) is 1.74. The number of hydrogen-bond acceptors (Lipinski definition) is 2. The molecule has 12 heavy (non-hydrogen) atoms. The molecule has 1 aliphatic rings. The van der Waals surface area contributed by atoms with Crippen LogP contribution in [0.2, 0.25) is 0 Å². The van der Waals surface area contributed by atoms with Gasteiger partial charge in [-0.3, -0.25) is 5.41 Å². The van der Waals surface area contributed by atoms with Gasteiger partial charge in [-0.25, -0.2) is 0 Å². The monoisotopic (exact) mass is 163 g/mol. The van der Waals surface area contributed by atoms with Gasteiger partial charge in [0.2, 0.25) is 0 Å². The van der Waals surface area contributed by atoms with Gasteiger partial charge in [0, 0.05) is 18.0 Å². The first-order chi connectivity index (χ1) is 5.74. The number of hydrogen-bond donors (Lipinski definition) is 3. The van der Waals surface area contributed by atoms with Gasteiger partial charge in [-0.15, -0.1) is 0 Å². The quantitative estimate of drug-likeness (QED) is 0.410. The molecule has 0 aliphatic heterocycles. The van der Waals surface area contributed by atoms with Crippen LogP contribution in [0.1, 0.15) is 0 Å². The number of amidine groups is 1. The largest absolute Gasteiger partial charge is 0.384 e. The highest BCUT2D eigenvalue weighted by molar-refractivity contribution is 5.97. The second kappa shape index (κ2) is 3.88. The first-order valence-corrected chi connectivity index (χ1v) is 3.85. The Kier molecular flexibility index (Phi) is 2.82. The van der Waals surface area contributed by atoms with Crippen LogP contribution < -0.4 is 11.5 Å². The van der Waals surface area contributed by atoms with Crippen LogP contribution in [0.3, 0.4) is 0 Å². The fraction of sp³-hybridized carbons (Fsp3) is 0.222. The maximum absolute atomic E-state index is 7.20. The predicted octanol–water partition coefficient (Wildman–Crippen LogP) is 0.550. The summed E-state index contributed by atoms with van der Waals surface area (Å²) in [5, 5.41) is 7.20. The molecule has 1 atom stereocenters. The molecule has 0 aromatic heterocycles. The minimum Gasteiger partial charge on any atom is -0.384 e. The summed E-state index contributed by atoms with van der Waals surface area (Å²) in [5.41, 5.74) is 11.5. The van der Waals surface area contributed by atoms with E-state index in [4.69, 9.17) is 16.9 Å². The van der Waals surface area contributed by atoms with Crippen molar-refractivity contribution in [3.8, 4) is 0 Å². The molecule has 0 aromatic rings. The van der Waals surface area contributed by atoms with Gasteiger partial charge in [-0.1, -0.05) is 30.4 Å². The summed E-state index contributed by atoms with van der Waals surface area (Å²) in [6, 6.07) is 0. The maximum atomic E-state index is 7.20. The van der Waals surface area contributed by atoms with Crippen molar-refractivity contribution in [3.63, 3.8) is 0 Å². The van der Waals surface area contributed by atoms with E-state index in [2.05, 4.69) is 0 Å². The SMILES string of the molecule is N=C(N)C1=CC=CC(CN)C=C1. The highest BCUT2D eigenvalue weighted by Gasteiger charge is 2.01. The van der Waals surface area contributed by atoms with Crippen LogP contribution in [-0.4, -0.2) is 12.4 Å². The van der Waals surface area contributed by atoms with Gasteiger partial charge in [-0.05, 0) is 0 Å².